The normalized spacial score (nSPS) is 10.1. The molecule has 4 heteroatoms. The van der Waals surface area contributed by atoms with E-state index in [1.807, 2.05) is 24.3 Å². The number of hydrogen-bond acceptors (Lipinski definition) is 4. The van der Waals surface area contributed by atoms with Crippen LogP contribution in [0.15, 0.2) is 29.8 Å². The van der Waals surface area contributed by atoms with Crippen LogP contribution in [-0.2, 0) is 0 Å². The van der Waals surface area contributed by atoms with E-state index in [9.17, 15) is 4.79 Å². The summed E-state index contributed by atoms with van der Waals surface area (Å²) in [5.41, 5.74) is 3.10. The van der Waals surface area contributed by atoms with Gasteiger partial charge < -0.3 is 4.74 Å². The molecular weight excluding hydrogens is 222 g/mol. The molecule has 82 valence electrons. The maximum Gasteiger partial charge on any atom is 0.179 e. The van der Waals surface area contributed by atoms with Gasteiger partial charge in [0, 0.05) is 12.5 Å². The maximum absolute atomic E-state index is 11.4. The van der Waals surface area contributed by atoms with Gasteiger partial charge in [0.2, 0.25) is 0 Å². The van der Waals surface area contributed by atoms with E-state index in [2.05, 4.69) is 4.98 Å². The summed E-state index contributed by atoms with van der Waals surface area (Å²) in [6.45, 7) is 1.52. The largest absolute Gasteiger partial charge is 0.496 e. The first-order valence-corrected chi connectivity index (χ1v) is 5.70. The number of carbonyl (C=O) groups excluding carboxylic acids is 1. The number of methoxy groups -OCH3 is 1. The minimum absolute atomic E-state index is 0.0258. The van der Waals surface area contributed by atoms with E-state index in [1.54, 1.807) is 12.6 Å². The van der Waals surface area contributed by atoms with Crippen molar-refractivity contribution < 1.29 is 9.53 Å². The van der Waals surface area contributed by atoms with Crippen molar-refractivity contribution in [2.24, 2.45) is 0 Å². The first-order valence-electron chi connectivity index (χ1n) is 4.82. The minimum Gasteiger partial charge on any atom is -0.496 e. The molecule has 0 amide bonds. The number of ketones is 1. The van der Waals surface area contributed by atoms with Gasteiger partial charge in [-0.25, -0.2) is 4.98 Å². The molecule has 16 heavy (non-hydrogen) atoms. The lowest BCUT2D eigenvalue weighted by atomic mass is 10.1. The van der Waals surface area contributed by atoms with Crippen LogP contribution in [0.2, 0.25) is 0 Å². The van der Waals surface area contributed by atoms with Gasteiger partial charge >= 0.3 is 0 Å². The van der Waals surface area contributed by atoms with Crippen LogP contribution in [0.1, 0.15) is 17.4 Å². The van der Waals surface area contributed by atoms with Gasteiger partial charge in [-0.1, -0.05) is 12.1 Å². The number of rotatable bonds is 3. The minimum atomic E-state index is -0.0258. The molecule has 0 atom stereocenters. The van der Waals surface area contributed by atoms with Gasteiger partial charge in [-0.05, 0) is 12.1 Å². The van der Waals surface area contributed by atoms with Crippen molar-refractivity contribution in [3.63, 3.8) is 0 Å². The summed E-state index contributed by atoms with van der Waals surface area (Å²) >= 11 is 1.45. The third-order valence-corrected chi connectivity index (χ3v) is 3.11. The average molecular weight is 233 g/mol. The standard InChI is InChI=1S/C12H11NO2S/c1-8(14)11-12(16-7-13-11)9-5-3-4-6-10(9)15-2/h3-7H,1-2H3. The number of ether oxygens (including phenoxy) is 1. The molecule has 0 N–H and O–H groups in total. The van der Waals surface area contributed by atoms with Crippen LogP contribution in [0.25, 0.3) is 10.4 Å². The zero-order chi connectivity index (χ0) is 11.5. The van der Waals surface area contributed by atoms with Crippen LogP contribution in [-0.4, -0.2) is 17.9 Å². The zero-order valence-corrected chi connectivity index (χ0v) is 9.88. The molecule has 0 radical (unpaired) electrons. The van der Waals surface area contributed by atoms with Gasteiger partial charge in [0.15, 0.2) is 5.78 Å². The predicted molar refractivity (Wildman–Crippen MR) is 64.1 cm³/mol. The van der Waals surface area contributed by atoms with Crippen molar-refractivity contribution in [3.05, 3.63) is 35.5 Å². The second-order valence-corrected chi connectivity index (χ2v) is 4.14. The Hall–Kier alpha value is -1.68. The van der Waals surface area contributed by atoms with Crippen molar-refractivity contribution in [1.29, 1.82) is 0 Å². The van der Waals surface area contributed by atoms with Crippen molar-refractivity contribution in [2.45, 2.75) is 6.92 Å². The SMILES string of the molecule is COc1ccccc1-c1scnc1C(C)=O. The van der Waals surface area contributed by atoms with Gasteiger partial charge in [-0.15, -0.1) is 11.3 Å². The lowest BCUT2D eigenvalue weighted by Gasteiger charge is -2.06. The highest BCUT2D eigenvalue weighted by atomic mass is 32.1. The smallest absolute Gasteiger partial charge is 0.179 e. The number of nitrogens with zero attached hydrogens (tertiary/aromatic N) is 1. The Balaban J connectivity index is 2.58. The van der Waals surface area contributed by atoms with E-state index < -0.39 is 0 Å². The lowest BCUT2D eigenvalue weighted by Crippen LogP contribution is -1.95. The number of thiazole rings is 1. The van der Waals surface area contributed by atoms with Crippen LogP contribution in [0.3, 0.4) is 0 Å². The summed E-state index contributed by atoms with van der Waals surface area (Å²) in [7, 11) is 1.62. The molecule has 0 aliphatic heterocycles. The monoisotopic (exact) mass is 233 g/mol. The van der Waals surface area contributed by atoms with E-state index in [-0.39, 0.29) is 5.78 Å². The van der Waals surface area contributed by atoms with E-state index in [0.29, 0.717) is 5.69 Å². The molecule has 1 aromatic heterocycles. The first-order chi connectivity index (χ1) is 7.74. The molecule has 0 bridgehead atoms. The predicted octanol–water partition coefficient (Wildman–Crippen LogP) is 3.02. The Bertz CT molecular complexity index is 519. The summed E-state index contributed by atoms with van der Waals surface area (Å²) in [4.78, 5) is 16.4. The van der Waals surface area contributed by atoms with Crippen molar-refractivity contribution in [3.8, 4) is 16.2 Å². The average Bonchev–Trinajstić information content (AvgIpc) is 2.77. The number of benzene rings is 1. The van der Waals surface area contributed by atoms with Crippen LogP contribution < -0.4 is 4.74 Å². The third kappa shape index (κ3) is 1.84. The fourth-order valence-electron chi connectivity index (χ4n) is 1.52. The Kier molecular flexibility index (Phi) is 3.01. The highest BCUT2D eigenvalue weighted by Crippen LogP contribution is 2.34. The molecular formula is C12H11NO2S. The Labute approximate surface area is 97.7 Å². The number of aromatic nitrogens is 1. The number of carbonyl (C=O) groups is 1. The van der Waals surface area contributed by atoms with Gasteiger partial charge in [0.25, 0.3) is 0 Å². The Morgan fingerprint density at radius 2 is 2.12 bits per heavy atom. The molecule has 0 unspecified atom stereocenters. The number of Topliss-reactive ketones (excluding diaryl/α,β-unsaturated/α-hetero) is 1. The molecule has 2 aromatic rings. The molecule has 0 aliphatic rings. The van der Waals surface area contributed by atoms with Crippen molar-refractivity contribution in [1.82, 2.24) is 4.98 Å². The van der Waals surface area contributed by atoms with Crippen molar-refractivity contribution in [2.75, 3.05) is 7.11 Å². The second kappa shape index (κ2) is 4.45. The lowest BCUT2D eigenvalue weighted by molar-refractivity contribution is 0.101. The van der Waals surface area contributed by atoms with Crippen LogP contribution in [0.5, 0.6) is 5.75 Å². The van der Waals surface area contributed by atoms with Crippen LogP contribution in [0.4, 0.5) is 0 Å². The highest BCUT2D eigenvalue weighted by Gasteiger charge is 2.15. The van der Waals surface area contributed by atoms with E-state index in [4.69, 9.17) is 4.74 Å². The Morgan fingerprint density at radius 3 is 2.81 bits per heavy atom. The van der Waals surface area contributed by atoms with E-state index in [0.717, 1.165) is 16.2 Å². The molecule has 1 aromatic carbocycles. The second-order valence-electron chi connectivity index (χ2n) is 3.29. The van der Waals surface area contributed by atoms with Gasteiger partial charge in [0.05, 0.1) is 17.5 Å². The number of hydrogen-bond donors (Lipinski definition) is 0. The topological polar surface area (TPSA) is 39.2 Å². The molecule has 0 fully saturated rings. The summed E-state index contributed by atoms with van der Waals surface area (Å²) in [6, 6.07) is 7.62. The zero-order valence-electron chi connectivity index (χ0n) is 9.06. The van der Waals surface area contributed by atoms with Gasteiger partial charge in [-0.2, -0.15) is 0 Å². The summed E-state index contributed by atoms with van der Waals surface area (Å²) in [6.07, 6.45) is 0. The van der Waals surface area contributed by atoms with Crippen LogP contribution >= 0.6 is 11.3 Å². The van der Waals surface area contributed by atoms with Gasteiger partial charge in [0.1, 0.15) is 11.4 Å². The quantitative estimate of drug-likeness (QED) is 0.765. The van der Waals surface area contributed by atoms with Crippen LogP contribution in [0, 0.1) is 0 Å². The molecule has 1 heterocycles. The molecule has 2 rings (SSSR count). The molecule has 0 aliphatic carbocycles. The van der Waals surface area contributed by atoms with Crippen molar-refractivity contribution >= 4 is 17.1 Å². The molecule has 0 saturated carbocycles. The molecule has 0 spiro atoms. The van der Waals surface area contributed by atoms with E-state index >= 15 is 0 Å². The Morgan fingerprint density at radius 1 is 1.38 bits per heavy atom. The fraction of sp³-hybridized carbons (Fsp3) is 0.167. The summed E-state index contributed by atoms with van der Waals surface area (Å²) in [5, 5.41) is 0. The van der Waals surface area contributed by atoms with Gasteiger partial charge in [-0.3, -0.25) is 4.79 Å². The third-order valence-electron chi connectivity index (χ3n) is 2.25. The summed E-state index contributed by atoms with van der Waals surface area (Å²) in [5.74, 6) is 0.733. The first kappa shape index (κ1) is 10.8. The molecule has 0 saturated heterocycles. The highest BCUT2D eigenvalue weighted by molar-refractivity contribution is 7.13. The number of para-hydroxylation sites is 1. The molecule has 3 nitrogen and oxygen atoms in total. The van der Waals surface area contributed by atoms with E-state index in [1.165, 1.54) is 18.3 Å². The fourth-order valence-corrected chi connectivity index (χ4v) is 2.39. The summed E-state index contributed by atoms with van der Waals surface area (Å²) < 4.78 is 5.27. The maximum atomic E-state index is 11.4.